The third-order valence-corrected chi connectivity index (χ3v) is 5.07. The summed E-state index contributed by atoms with van der Waals surface area (Å²) in [6.07, 6.45) is 5.53. The van der Waals surface area contributed by atoms with Gasteiger partial charge in [-0.25, -0.2) is 5.01 Å². The summed E-state index contributed by atoms with van der Waals surface area (Å²) in [6, 6.07) is 9.92. The minimum Gasteiger partial charge on any atom is -0.353 e. The third kappa shape index (κ3) is 3.35. The first kappa shape index (κ1) is 16.7. The van der Waals surface area contributed by atoms with Crippen LogP contribution in [-0.4, -0.2) is 35.6 Å². The Bertz CT molecular complexity index is 635. The van der Waals surface area contributed by atoms with Crippen molar-refractivity contribution < 1.29 is 9.59 Å². The van der Waals surface area contributed by atoms with E-state index in [-0.39, 0.29) is 23.8 Å². The van der Waals surface area contributed by atoms with Gasteiger partial charge in [-0.15, -0.1) is 0 Å². The SMILES string of the molecule is CC1=NN(C)C(=O)C(C(=O)NC2CCCCC2)C1c1ccccc1. The van der Waals surface area contributed by atoms with E-state index >= 15 is 0 Å². The Balaban J connectivity index is 1.87. The van der Waals surface area contributed by atoms with Gasteiger partial charge in [-0.1, -0.05) is 49.6 Å². The van der Waals surface area contributed by atoms with Gasteiger partial charge in [-0.3, -0.25) is 9.59 Å². The average Bonchev–Trinajstić information content (AvgIpc) is 2.59. The smallest absolute Gasteiger partial charge is 0.255 e. The molecule has 1 aromatic rings. The molecular formula is C19H25N3O2. The zero-order chi connectivity index (χ0) is 17.1. The molecule has 2 amide bonds. The van der Waals surface area contributed by atoms with Gasteiger partial charge in [-0.05, 0) is 25.3 Å². The van der Waals surface area contributed by atoms with E-state index < -0.39 is 5.92 Å². The van der Waals surface area contributed by atoms with Crippen molar-refractivity contribution in [3.8, 4) is 0 Å². The van der Waals surface area contributed by atoms with Crippen molar-refractivity contribution >= 4 is 17.5 Å². The van der Waals surface area contributed by atoms with Gasteiger partial charge in [0.05, 0.1) is 0 Å². The first-order valence-corrected chi connectivity index (χ1v) is 8.76. The second-order valence-electron chi connectivity index (χ2n) is 6.81. The second-order valence-corrected chi connectivity index (χ2v) is 6.81. The van der Waals surface area contributed by atoms with Crippen LogP contribution in [0.4, 0.5) is 0 Å². The van der Waals surface area contributed by atoms with Gasteiger partial charge in [0, 0.05) is 24.7 Å². The lowest BCUT2D eigenvalue weighted by atomic mass is 9.80. The van der Waals surface area contributed by atoms with Gasteiger partial charge in [0.15, 0.2) is 0 Å². The number of benzene rings is 1. The molecule has 0 saturated heterocycles. The summed E-state index contributed by atoms with van der Waals surface area (Å²) in [5, 5.41) is 8.75. The summed E-state index contributed by atoms with van der Waals surface area (Å²) in [5.74, 6) is -1.43. The number of hydrogen-bond donors (Lipinski definition) is 1. The third-order valence-electron chi connectivity index (χ3n) is 5.07. The van der Waals surface area contributed by atoms with Crippen LogP contribution in [0, 0.1) is 5.92 Å². The van der Waals surface area contributed by atoms with Crippen LogP contribution in [0.1, 0.15) is 50.5 Å². The Kier molecular flexibility index (Phi) is 4.97. The molecule has 2 aliphatic rings. The second kappa shape index (κ2) is 7.16. The van der Waals surface area contributed by atoms with Crippen LogP contribution in [0.5, 0.6) is 0 Å². The minimum absolute atomic E-state index is 0.165. The van der Waals surface area contributed by atoms with Crippen LogP contribution in [-0.2, 0) is 9.59 Å². The van der Waals surface area contributed by atoms with Crippen LogP contribution >= 0.6 is 0 Å². The van der Waals surface area contributed by atoms with E-state index in [1.54, 1.807) is 7.05 Å². The first-order valence-electron chi connectivity index (χ1n) is 8.76. The summed E-state index contributed by atoms with van der Waals surface area (Å²) in [4.78, 5) is 25.6. The van der Waals surface area contributed by atoms with E-state index in [1.165, 1.54) is 11.4 Å². The van der Waals surface area contributed by atoms with E-state index in [9.17, 15) is 9.59 Å². The van der Waals surface area contributed by atoms with Crippen molar-refractivity contribution in [3.05, 3.63) is 35.9 Å². The average molecular weight is 327 g/mol. The Morgan fingerprint density at radius 3 is 2.50 bits per heavy atom. The lowest BCUT2D eigenvalue weighted by Gasteiger charge is -2.34. The molecular weight excluding hydrogens is 302 g/mol. The molecule has 0 spiro atoms. The minimum atomic E-state index is -0.739. The maximum Gasteiger partial charge on any atom is 0.255 e. The topological polar surface area (TPSA) is 61.8 Å². The molecule has 2 atom stereocenters. The number of nitrogens with zero attached hydrogens (tertiary/aromatic N) is 2. The normalized spacial score (nSPS) is 25.3. The molecule has 1 fully saturated rings. The molecule has 1 heterocycles. The Morgan fingerprint density at radius 1 is 1.17 bits per heavy atom. The van der Waals surface area contributed by atoms with Crippen LogP contribution < -0.4 is 5.32 Å². The largest absolute Gasteiger partial charge is 0.353 e. The van der Waals surface area contributed by atoms with Gasteiger partial charge < -0.3 is 5.32 Å². The Morgan fingerprint density at radius 2 is 1.83 bits per heavy atom. The molecule has 2 unspecified atom stereocenters. The predicted octanol–water partition coefficient (Wildman–Crippen LogP) is 2.68. The van der Waals surface area contributed by atoms with E-state index in [4.69, 9.17) is 0 Å². The van der Waals surface area contributed by atoms with Crippen LogP contribution in [0.25, 0.3) is 0 Å². The lowest BCUT2D eigenvalue weighted by molar-refractivity contribution is -0.142. The van der Waals surface area contributed by atoms with Crippen molar-refractivity contribution in [2.75, 3.05) is 7.05 Å². The maximum atomic E-state index is 12.9. The molecule has 1 saturated carbocycles. The molecule has 0 bridgehead atoms. The molecule has 24 heavy (non-hydrogen) atoms. The molecule has 1 aromatic carbocycles. The number of carbonyl (C=O) groups excluding carboxylic acids is 2. The van der Waals surface area contributed by atoms with Crippen molar-refractivity contribution in [1.29, 1.82) is 0 Å². The molecule has 0 radical (unpaired) electrons. The van der Waals surface area contributed by atoms with Gasteiger partial charge in [-0.2, -0.15) is 5.10 Å². The summed E-state index contributed by atoms with van der Waals surface area (Å²) >= 11 is 0. The molecule has 1 aliphatic carbocycles. The highest BCUT2D eigenvalue weighted by molar-refractivity contribution is 6.09. The summed E-state index contributed by atoms with van der Waals surface area (Å²) in [5.41, 5.74) is 1.76. The quantitative estimate of drug-likeness (QED) is 0.868. The predicted molar refractivity (Wildman–Crippen MR) is 93.6 cm³/mol. The maximum absolute atomic E-state index is 12.9. The van der Waals surface area contributed by atoms with E-state index in [2.05, 4.69) is 10.4 Å². The number of hydrazone groups is 1. The molecule has 0 aromatic heterocycles. The fourth-order valence-corrected chi connectivity index (χ4v) is 3.83. The van der Waals surface area contributed by atoms with Crippen molar-refractivity contribution in [2.45, 2.75) is 51.0 Å². The van der Waals surface area contributed by atoms with Crippen molar-refractivity contribution in [1.82, 2.24) is 10.3 Å². The fraction of sp³-hybridized carbons (Fsp3) is 0.526. The zero-order valence-electron chi connectivity index (χ0n) is 14.4. The first-order chi connectivity index (χ1) is 11.6. The molecule has 1 aliphatic heterocycles. The summed E-state index contributed by atoms with van der Waals surface area (Å²) in [7, 11) is 1.62. The number of amides is 2. The van der Waals surface area contributed by atoms with Crippen LogP contribution in [0.15, 0.2) is 35.4 Å². The number of carbonyl (C=O) groups is 2. The molecule has 5 heteroatoms. The van der Waals surface area contributed by atoms with Crippen molar-refractivity contribution in [3.63, 3.8) is 0 Å². The fourth-order valence-electron chi connectivity index (χ4n) is 3.83. The van der Waals surface area contributed by atoms with Crippen LogP contribution in [0.3, 0.4) is 0 Å². The number of hydrogen-bond acceptors (Lipinski definition) is 3. The summed E-state index contributed by atoms with van der Waals surface area (Å²) in [6.45, 7) is 1.89. The van der Waals surface area contributed by atoms with Gasteiger partial charge in [0.2, 0.25) is 5.91 Å². The van der Waals surface area contributed by atoms with E-state index in [1.807, 2.05) is 37.3 Å². The highest BCUT2D eigenvalue weighted by atomic mass is 16.2. The molecule has 1 N–H and O–H groups in total. The standard InChI is InChI=1S/C19H25N3O2/c1-13-16(14-9-5-3-6-10-14)17(19(24)22(2)21-13)18(23)20-15-11-7-4-8-12-15/h3,5-6,9-10,15-17H,4,7-8,11-12H2,1-2H3,(H,20,23). The molecule has 128 valence electrons. The number of nitrogens with one attached hydrogen (secondary N) is 1. The number of rotatable bonds is 3. The Labute approximate surface area is 143 Å². The summed E-state index contributed by atoms with van der Waals surface area (Å²) < 4.78 is 0. The Hall–Kier alpha value is -2.17. The van der Waals surface area contributed by atoms with Gasteiger partial charge >= 0.3 is 0 Å². The van der Waals surface area contributed by atoms with Crippen molar-refractivity contribution in [2.24, 2.45) is 11.0 Å². The zero-order valence-corrected chi connectivity index (χ0v) is 14.4. The lowest BCUT2D eigenvalue weighted by Crippen LogP contribution is -2.51. The van der Waals surface area contributed by atoms with Crippen LogP contribution in [0.2, 0.25) is 0 Å². The van der Waals surface area contributed by atoms with E-state index in [0.29, 0.717) is 0 Å². The monoisotopic (exact) mass is 327 g/mol. The van der Waals surface area contributed by atoms with Gasteiger partial charge in [0.1, 0.15) is 5.92 Å². The van der Waals surface area contributed by atoms with E-state index in [0.717, 1.165) is 37.0 Å². The van der Waals surface area contributed by atoms with Gasteiger partial charge in [0.25, 0.3) is 5.91 Å². The highest BCUT2D eigenvalue weighted by Crippen LogP contribution is 2.32. The molecule has 5 nitrogen and oxygen atoms in total. The highest BCUT2D eigenvalue weighted by Gasteiger charge is 2.42. The molecule has 3 rings (SSSR count).